The van der Waals surface area contributed by atoms with Crippen LogP contribution in [-0.2, 0) is 23.9 Å². The fourth-order valence-electron chi connectivity index (χ4n) is 5.40. The normalized spacial score (nSPS) is 13.1. The minimum absolute atomic E-state index is 0.00575. The number of amides is 2. The second-order valence-electron chi connectivity index (χ2n) is 12.1. The maximum Gasteiger partial charge on any atom is 0.337 e. The molecule has 11 heteroatoms. The highest BCUT2D eigenvalue weighted by atomic mass is 16.5. The summed E-state index contributed by atoms with van der Waals surface area (Å²) in [6.07, 6.45) is 3.10. The lowest BCUT2D eigenvalue weighted by molar-refractivity contribution is -0.157. The molecule has 0 bridgehead atoms. The number of hydrogen-bond donors (Lipinski definition) is 3. The van der Waals surface area contributed by atoms with Crippen LogP contribution < -0.4 is 15.4 Å². The number of para-hydroxylation sites is 1. The molecule has 11 nitrogen and oxygen atoms in total. The van der Waals surface area contributed by atoms with Gasteiger partial charge >= 0.3 is 17.9 Å². The number of carboxylic acids is 1. The molecule has 0 saturated carbocycles. The smallest absolute Gasteiger partial charge is 0.337 e. The van der Waals surface area contributed by atoms with Crippen LogP contribution in [0.15, 0.2) is 48.5 Å². The fraction of sp³-hybridized carbons (Fsp3) is 0.514. The van der Waals surface area contributed by atoms with Gasteiger partial charge in [0, 0.05) is 18.0 Å². The van der Waals surface area contributed by atoms with Crippen LogP contribution in [0.3, 0.4) is 0 Å². The lowest BCUT2D eigenvalue weighted by Gasteiger charge is -2.36. The summed E-state index contributed by atoms with van der Waals surface area (Å²) in [5.74, 6) is -2.42. The molecule has 0 heterocycles. The minimum Gasteiger partial charge on any atom is -0.494 e. The van der Waals surface area contributed by atoms with Crippen molar-refractivity contribution in [2.45, 2.75) is 73.1 Å². The first kappa shape index (κ1) is 37.8. The maximum absolute atomic E-state index is 13.0. The third-order valence-corrected chi connectivity index (χ3v) is 7.78. The number of esters is 2. The van der Waals surface area contributed by atoms with Crippen LogP contribution >= 0.6 is 0 Å². The van der Waals surface area contributed by atoms with Gasteiger partial charge in [-0.05, 0) is 95.7 Å². The zero-order valence-corrected chi connectivity index (χ0v) is 27.8. The van der Waals surface area contributed by atoms with Crippen LogP contribution in [-0.4, -0.2) is 61.7 Å². The first-order valence-corrected chi connectivity index (χ1v) is 15.7. The van der Waals surface area contributed by atoms with E-state index in [0.717, 1.165) is 12.8 Å². The summed E-state index contributed by atoms with van der Waals surface area (Å²) in [6.45, 7) is 9.81. The topological polar surface area (TPSA) is 157 Å². The number of rotatable bonds is 19. The van der Waals surface area contributed by atoms with Gasteiger partial charge in [0.25, 0.3) is 5.91 Å². The van der Waals surface area contributed by atoms with E-state index in [1.54, 1.807) is 71.1 Å². The zero-order valence-electron chi connectivity index (χ0n) is 27.8. The van der Waals surface area contributed by atoms with Crippen molar-refractivity contribution in [3.63, 3.8) is 0 Å². The molecule has 46 heavy (non-hydrogen) atoms. The number of hydrogen-bond acceptors (Lipinski definition) is 8. The average molecular weight is 641 g/mol. The highest BCUT2D eigenvalue weighted by Crippen LogP contribution is 2.40. The summed E-state index contributed by atoms with van der Waals surface area (Å²) >= 11 is 0. The molecule has 0 aliphatic carbocycles. The Morgan fingerprint density at radius 3 is 2.13 bits per heavy atom. The zero-order chi connectivity index (χ0) is 34.3. The van der Waals surface area contributed by atoms with E-state index in [0.29, 0.717) is 30.8 Å². The Bertz CT molecular complexity index is 1340. The van der Waals surface area contributed by atoms with E-state index in [-0.39, 0.29) is 49.2 Å². The first-order chi connectivity index (χ1) is 21.8. The van der Waals surface area contributed by atoms with Crippen molar-refractivity contribution in [1.29, 1.82) is 0 Å². The molecule has 0 spiro atoms. The fourth-order valence-corrected chi connectivity index (χ4v) is 5.40. The van der Waals surface area contributed by atoms with E-state index < -0.39 is 34.6 Å². The Balaban J connectivity index is 1.78. The van der Waals surface area contributed by atoms with Gasteiger partial charge in [-0.2, -0.15) is 0 Å². The first-order valence-electron chi connectivity index (χ1n) is 15.7. The van der Waals surface area contributed by atoms with Gasteiger partial charge in [0.1, 0.15) is 5.75 Å². The Hall–Kier alpha value is -4.41. The van der Waals surface area contributed by atoms with Gasteiger partial charge in [-0.3, -0.25) is 19.2 Å². The van der Waals surface area contributed by atoms with Crippen LogP contribution in [0, 0.1) is 16.7 Å². The average Bonchev–Trinajstić information content (AvgIpc) is 3.02. The monoisotopic (exact) mass is 640 g/mol. The highest BCUT2D eigenvalue weighted by molar-refractivity contribution is 6.07. The highest BCUT2D eigenvalue weighted by Gasteiger charge is 2.44. The van der Waals surface area contributed by atoms with Crippen molar-refractivity contribution < 1.29 is 43.3 Å². The summed E-state index contributed by atoms with van der Waals surface area (Å²) in [6, 6.07) is 12.7. The van der Waals surface area contributed by atoms with Gasteiger partial charge in [0.2, 0.25) is 5.91 Å². The third-order valence-electron chi connectivity index (χ3n) is 7.78. The van der Waals surface area contributed by atoms with Crippen molar-refractivity contribution in [3.8, 4) is 5.75 Å². The van der Waals surface area contributed by atoms with E-state index in [1.165, 1.54) is 12.1 Å². The Morgan fingerprint density at radius 2 is 1.52 bits per heavy atom. The standard InChI is InChI=1S/C35H48N2O9/c1-7-24(31(41)44-8-2)22-35(5,32(42)36-6)23-34(3,4)33(43)46-21-13-9-12-20-45-26-18-16-25(17-19-26)29(38)37-28-15-11-10-14-27(28)30(39)40/h10-11,14-19,24H,7-9,12-13,20-23H2,1-6H3,(H,36,42)(H,37,38)(H,39,40). The number of ether oxygens (including phenoxy) is 3. The number of carbonyl (C=O) groups excluding carboxylic acids is 4. The SMILES string of the molecule is CCOC(=O)C(CC)CC(C)(CC(C)(C)C(=O)OCCCCCOc1ccc(C(=O)Nc2ccccc2C(=O)O)cc1)C(=O)NC. The van der Waals surface area contributed by atoms with Gasteiger partial charge in [-0.25, -0.2) is 4.79 Å². The largest absolute Gasteiger partial charge is 0.494 e. The van der Waals surface area contributed by atoms with Crippen molar-refractivity contribution >= 4 is 35.4 Å². The van der Waals surface area contributed by atoms with Crippen LogP contribution in [0.4, 0.5) is 5.69 Å². The Labute approximate surface area is 271 Å². The summed E-state index contributed by atoms with van der Waals surface area (Å²) in [4.78, 5) is 62.3. The number of aromatic carboxylic acids is 1. The second-order valence-corrected chi connectivity index (χ2v) is 12.1. The van der Waals surface area contributed by atoms with Crippen molar-refractivity contribution in [2.75, 3.05) is 32.2 Å². The number of carbonyl (C=O) groups is 5. The van der Waals surface area contributed by atoms with Crippen LogP contribution in [0.5, 0.6) is 5.75 Å². The van der Waals surface area contributed by atoms with Gasteiger partial charge in [-0.1, -0.05) is 26.0 Å². The number of carboxylic acid groups (broad SMARTS) is 1. The summed E-state index contributed by atoms with van der Waals surface area (Å²) in [5, 5.41) is 14.6. The van der Waals surface area contributed by atoms with E-state index in [9.17, 15) is 29.1 Å². The van der Waals surface area contributed by atoms with Gasteiger partial charge in [-0.15, -0.1) is 0 Å². The molecule has 2 atom stereocenters. The minimum atomic E-state index is -1.13. The molecule has 2 amide bonds. The number of unbranched alkanes of at least 4 members (excludes halogenated alkanes) is 2. The molecule has 0 radical (unpaired) electrons. The summed E-state index contributed by atoms with van der Waals surface area (Å²) < 4.78 is 16.5. The predicted molar refractivity (Wildman–Crippen MR) is 174 cm³/mol. The molecular formula is C35H48N2O9. The molecule has 0 aromatic heterocycles. The molecule has 0 aliphatic rings. The third kappa shape index (κ3) is 11.2. The van der Waals surface area contributed by atoms with E-state index >= 15 is 0 Å². The van der Waals surface area contributed by atoms with E-state index in [2.05, 4.69) is 10.6 Å². The van der Waals surface area contributed by atoms with Crippen LogP contribution in [0.2, 0.25) is 0 Å². The van der Waals surface area contributed by atoms with Crippen molar-refractivity contribution in [2.24, 2.45) is 16.7 Å². The molecule has 0 aliphatic heterocycles. The Kier molecular flexibility index (Phi) is 14.7. The van der Waals surface area contributed by atoms with Crippen LogP contribution in [0.1, 0.15) is 93.9 Å². The molecule has 0 saturated heterocycles. The lowest BCUT2D eigenvalue weighted by Crippen LogP contribution is -2.44. The van der Waals surface area contributed by atoms with Gasteiger partial charge in [0.05, 0.1) is 42.4 Å². The molecule has 3 N–H and O–H groups in total. The number of nitrogens with one attached hydrogen (secondary N) is 2. The molecule has 2 aromatic carbocycles. The van der Waals surface area contributed by atoms with E-state index in [4.69, 9.17) is 14.2 Å². The lowest BCUT2D eigenvalue weighted by atomic mass is 9.68. The summed E-state index contributed by atoms with van der Waals surface area (Å²) in [5.41, 5.74) is -1.35. The quantitative estimate of drug-likeness (QED) is 0.126. The molecule has 2 unspecified atom stereocenters. The maximum atomic E-state index is 13.0. The predicted octanol–water partition coefficient (Wildman–Crippen LogP) is 5.88. The summed E-state index contributed by atoms with van der Waals surface area (Å²) in [7, 11) is 1.54. The molecule has 2 rings (SSSR count). The van der Waals surface area contributed by atoms with Gasteiger partial charge in [0.15, 0.2) is 0 Å². The number of anilines is 1. The molecule has 2 aromatic rings. The Morgan fingerprint density at radius 1 is 0.870 bits per heavy atom. The van der Waals surface area contributed by atoms with Crippen molar-refractivity contribution in [1.82, 2.24) is 5.32 Å². The number of benzene rings is 2. The molecule has 0 fully saturated rings. The van der Waals surface area contributed by atoms with Crippen molar-refractivity contribution in [3.05, 3.63) is 59.7 Å². The van der Waals surface area contributed by atoms with E-state index in [1.807, 2.05) is 6.92 Å². The molecular weight excluding hydrogens is 592 g/mol. The molecule has 252 valence electrons. The van der Waals surface area contributed by atoms with Crippen LogP contribution in [0.25, 0.3) is 0 Å². The second kappa shape index (κ2) is 17.9. The van der Waals surface area contributed by atoms with Gasteiger partial charge < -0.3 is 30.0 Å².